The van der Waals surface area contributed by atoms with Crippen LogP contribution in [0, 0.1) is 11.8 Å². The van der Waals surface area contributed by atoms with E-state index in [-0.39, 0.29) is 0 Å². The molecule has 4 heteroatoms. The molecule has 1 aliphatic rings. The molecule has 2 aromatic rings. The van der Waals surface area contributed by atoms with Gasteiger partial charge in [-0.1, -0.05) is 32.6 Å². The highest BCUT2D eigenvalue weighted by atomic mass is 16.5. The van der Waals surface area contributed by atoms with Crippen molar-refractivity contribution in [1.29, 1.82) is 0 Å². The normalized spacial score (nSPS) is 20.2. The fraction of sp³-hybridized carbons (Fsp3) is 0.524. The van der Waals surface area contributed by atoms with E-state index >= 15 is 0 Å². The molecule has 3 rings (SSSR count). The Hall–Kier alpha value is -2.10. The second-order valence-electron chi connectivity index (χ2n) is 6.95. The zero-order chi connectivity index (χ0) is 17.5. The first kappa shape index (κ1) is 17.7. The van der Waals surface area contributed by atoms with Crippen LogP contribution in [0.15, 0.2) is 36.7 Å². The molecule has 0 aliphatic heterocycles. The summed E-state index contributed by atoms with van der Waals surface area (Å²) >= 11 is 0. The lowest BCUT2D eigenvalue weighted by Gasteiger charge is -2.28. The third-order valence-electron chi connectivity index (χ3n) is 5.14. The fourth-order valence-corrected chi connectivity index (χ4v) is 3.60. The molecule has 0 N–H and O–H groups in total. The van der Waals surface area contributed by atoms with Gasteiger partial charge in [-0.25, -0.2) is 9.97 Å². The van der Waals surface area contributed by atoms with Crippen LogP contribution in [0.5, 0.6) is 11.6 Å². The predicted molar refractivity (Wildman–Crippen MR) is 99.9 cm³/mol. The maximum atomic E-state index is 5.87. The predicted octanol–water partition coefficient (Wildman–Crippen LogP) is 5.14. The van der Waals surface area contributed by atoms with E-state index in [0.29, 0.717) is 11.8 Å². The Morgan fingerprint density at radius 3 is 2.28 bits per heavy atom. The molecular weight excluding hydrogens is 312 g/mol. The van der Waals surface area contributed by atoms with E-state index in [9.17, 15) is 0 Å². The van der Waals surface area contributed by atoms with Crippen molar-refractivity contribution in [2.24, 2.45) is 11.8 Å². The molecule has 1 saturated carbocycles. The average molecular weight is 340 g/mol. The highest BCUT2D eigenvalue weighted by Gasteiger charge is 2.21. The van der Waals surface area contributed by atoms with Gasteiger partial charge in [0.25, 0.3) is 0 Å². The number of hydrogen-bond donors (Lipinski definition) is 0. The molecule has 1 fully saturated rings. The molecule has 0 saturated heterocycles. The second-order valence-corrected chi connectivity index (χ2v) is 6.95. The van der Waals surface area contributed by atoms with Gasteiger partial charge in [0.15, 0.2) is 0 Å². The van der Waals surface area contributed by atoms with Crippen molar-refractivity contribution >= 4 is 0 Å². The van der Waals surface area contributed by atoms with Gasteiger partial charge in [0.1, 0.15) is 5.75 Å². The first-order valence-corrected chi connectivity index (χ1v) is 9.37. The number of rotatable bonds is 7. The molecule has 25 heavy (non-hydrogen) atoms. The second kappa shape index (κ2) is 8.84. The maximum absolute atomic E-state index is 5.87. The Balaban J connectivity index is 1.49. The van der Waals surface area contributed by atoms with Crippen LogP contribution in [0.3, 0.4) is 0 Å². The van der Waals surface area contributed by atoms with E-state index < -0.39 is 0 Å². The quantitative estimate of drug-likeness (QED) is 0.700. The number of nitrogens with zero attached hydrogens (tertiary/aromatic N) is 2. The molecule has 0 unspecified atom stereocenters. The van der Waals surface area contributed by atoms with Gasteiger partial charge in [-0.3, -0.25) is 0 Å². The Labute approximate surface area is 150 Å². The van der Waals surface area contributed by atoms with Crippen LogP contribution in [-0.2, 0) is 0 Å². The minimum absolute atomic E-state index is 0.618. The number of aromatic nitrogens is 2. The number of hydrogen-bond acceptors (Lipinski definition) is 4. The van der Waals surface area contributed by atoms with Gasteiger partial charge in [-0.2, -0.15) is 0 Å². The summed E-state index contributed by atoms with van der Waals surface area (Å²) in [5.41, 5.74) is 1.86. The van der Waals surface area contributed by atoms with Gasteiger partial charge in [0.05, 0.1) is 31.8 Å². The van der Waals surface area contributed by atoms with Gasteiger partial charge in [0, 0.05) is 5.56 Å². The van der Waals surface area contributed by atoms with Crippen molar-refractivity contribution in [2.45, 2.75) is 45.4 Å². The molecule has 0 radical (unpaired) electrons. The summed E-state index contributed by atoms with van der Waals surface area (Å²) in [6.45, 7) is 3.04. The Morgan fingerprint density at radius 2 is 1.68 bits per heavy atom. The van der Waals surface area contributed by atoms with Crippen molar-refractivity contribution in [1.82, 2.24) is 9.97 Å². The summed E-state index contributed by atoms with van der Waals surface area (Å²) in [6.07, 6.45) is 11.4. The Morgan fingerprint density at radius 1 is 0.960 bits per heavy atom. The molecule has 0 bridgehead atoms. The molecule has 1 aromatic heterocycles. The summed E-state index contributed by atoms with van der Waals surface area (Å²) in [4.78, 5) is 8.89. The van der Waals surface area contributed by atoms with Crippen molar-refractivity contribution in [3.05, 3.63) is 36.7 Å². The molecule has 1 heterocycles. The van der Waals surface area contributed by atoms with Crippen molar-refractivity contribution in [2.75, 3.05) is 13.7 Å². The van der Waals surface area contributed by atoms with Crippen molar-refractivity contribution in [3.8, 4) is 22.9 Å². The van der Waals surface area contributed by atoms with E-state index in [1.807, 2.05) is 24.3 Å². The lowest BCUT2D eigenvalue weighted by Crippen LogP contribution is -2.20. The Kier molecular flexibility index (Phi) is 6.26. The number of ether oxygens (including phenoxy) is 2. The summed E-state index contributed by atoms with van der Waals surface area (Å²) in [5.74, 6) is 3.05. The largest absolute Gasteiger partial charge is 0.497 e. The number of methoxy groups -OCH3 is 1. The minimum atomic E-state index is 0.618. The van der Waals surface area contributed by atoms with Crippen LogP contribution in [0.25, 0.3) is 11.3 Å². The van der Waals surface area contributed by atoms with E-state index in [1.54, 1.807) is 19.5 Å². The van der Waals surface area contributed by atoms with E-state index in [1.165, 1.54) is 38.5 Å². The summed E-state index contributed by atoms with van der Waals surface area (Å²) in [7, 11) is 1.66. The summed E-state index contributed by atoms with van der Waals surface area (Å²) in [6, 6.07) is 7.82. The SMILES string of the molecule is CCCC1CCC(COc2cnc(-c3ccc(OC)cc3)cn2)CC1. The van der Waals surface area contributed by atoms with Crippen molar-refractivity contribution < 1.29 is 9.47 Å². The molecule has 0 spiro atoms. The van der Waals surface area contributed by atoms with Gasteiger partial charge < -0.3 is 9.47 Å². The van der Waals surface area contributed by atoms with E-state index in [2.05, 4.69) is 16.9 Å². The fourth-order valence-electron chi connectivity index (χ4n) is 3.60. The van der Waals surface area contributed by atoms with Gasteiger partial charge in [0.2, 0.25) is 5.88 Å². The monoisotopic (exact) mass is 340 g/mol. The molecule has 134 valence electrons. The standard InChI is InChI=1S/C21H28N2O2/c1-3-4-16-5-7-17(8-6-16)15-25-21-14-22-20(13-23-21)18-9-11-19(24-2)12-10-18/h9-14,16-17H,3-8,15H2,1-2H3. The van der Waals surface area contributed by atoms with E-state index in [0.717, 1.165) is 29.5 Å². The van der Waals surface area contributed by atoms with Gasteiger partial charge >= 0.3 is 0 Å². The van der Waals surface area contributed by atoms with Gasteiger partial charge in [-0.15, -0.1) is 0 Å². The van der Waals surface area contributed by atoms with Crippen LogP contribution < -0.4 is 9.47 Å². The lowest BCUT2D eigenvalue weighted by atomic mass is 9.80. The van der Waals surface area contributed by atoms with Crippen LogP contribution in [0.1, 0.15) is 45.4 Å². The third kappa shape index (κ3) is 4.94. The minimum Gasteiger partial charge on any atom is -0.497 e. The molecule has 1 aromatic carbocycles. The highest BCUT2D eigenvalue weighted by Crippen LogP contribution is 2.31. The van der Waals surface area contributed by atoms with Crippen molar-refractivity contribution in [3.63, 3.8) is 0 Å². The van der Waals surface area contributed by atoms with E-state index in [4.69, 9.17) is 9.47 Å². The average Bonchev–Trinajstić information content (AvgIpc) is 2.68. The Bertz CT molecular complexity index is 632. The molecular formula is C21H28N2O2. The molecule has 0 amide bonds. The molecule has 0 atom stereocenters. The zero-order valence-corrected chi connectivity index (χ0v) is 15.3. The van der Waals surface area contributed by atoms with Crippen LogP contribution >= 0.6 is 0 Å². The smallest absolute Gasteiger partial charge is 0.232 e. The first-order chi connectivity index (χ1) is 12.3. The third-order valence-corrected chi connectivity index (χ3v) is 5.14. The first-order valence-electron chi connectivity index (χ1n) is 9.37. The molecule has 1 aliphatic carbocycles. The zero-order valence-electron chi connectivity index (χ0n) is 15.3. The van der Waals surface area contributed by atoms with Crippen LogP contribution in [0.4, 0.5) is 0 Å². The van der Waals surface area contributed by atoms with Crippen LogP contribution in [0.2, 0.25) is 0 Å². The summed E-state index contributed by atoms with van der Waals surface area (Å²) in [5, 5.41) is 0. The summed E-state index contributed by atoms with van der Waals surface area (Å²) < 4.78 is 11.1. The maximum Gasteiger partial charge on any atom is 0.232 e. The lowest BCUT2D eigenvalue weighted by molar-refractivity contribution is 0.174. The van der Waals surface area contributed by atoms with Gasteiger partial charge in [-0.05, 0) is 48.9 Å². The van der Waals surface area contributed by atoms with Crippen LogP contribution in [-0.4, -0.2) is 23.7 Å². The highest BCUT2D eigenvalue weighted by molar-refractivity contribution is 5.59. The topological polar surface area (TPSA) is 44.2 Å². The molecule has 4 nitrogen and oxygen atoms in total. The number of benzene rings is 1.